The number of likely N-dealkylation sites (tertiary alicyclic amines) is 1. The van der Waals surface area contributed by atoms with Crippen LogP contribution in [0.4, 0.5) is 0 Å². The molecule has 4 heteroatoms. The summed E-state index contributed by atoms with van der Waals surface area (Å²) in [6.45, 7) is 9.45. The zero-order valence-electron chi connectivity index (χ0n) is 10.8. The van der Waals surface area contributed by atoms with Crippen LogP contribution in [-0.4, -0.2) is 43.0 Å². The van der Waals surface area contributed by atoms with Gasteiger partial charge in [0.1, 0.15) is 0 Å². The molecule has 0 spiro atoms. The summed E-state index contributed by atoms with van der Waals surface area (Å²) < 4.78 is 0. The molecule has 1 rings (SSSR count). The van der Waals surface area contributed by atoms with E-state index >= 15 is 0 Å². The number of hydrogen-bond acceptors (Lipinski definition) is 3. The van der Waals surface area contributed by atoms with Crippen molar-refractivity contribution in [2.24, 2.45) is 11.1 Å². The van der Waals surface area contributed by atoms with Crippen molar-refractivity contribution in [2.45, 2.75) is 39.7 Å². The molecule has 16 heavy (non-hydrogen) atoms. The lowest BCUT2D eigenvalue weighted by atomic mass is 9.90. The van der Waals surface area contributed by atoms with Crippen LogP contribution < -0.4 is 11.1 Å². The van der Waals surface area contributed by atoms with Gasteiger partial charge in [-0.2, -0.15) is 0 Å². The highest BCUT2D eigenvalue weighted by Gasteiger charge is 2.33. The van der Waals surface area contributed by atoms with Gasteiger partial charge in [0.15, 0.2) is 0 Å². The summed E-state index contributed by atoms with van der Waals surface area (Å²) in [6, 6.07) is 0.274. The van der Waals surface area contributed by atoms with Crippen molar-refractivity contribution in [3.8, 4) is 0 Å². The third-order valence-electron chi connectivity index (χ3n) is 3.52. The Kier molecular flexibility index (Phi) is 4.74. The Hall–Kier alpha value is -0.610. The van der Waals surface area contributed by atoms with E-state index in [0.717, 1.165) is 25.9 Å². The largest absolute Gasteiger partial charge is 0.353 e. The van der Waals surface area contributed by atoms with Crippen LogP contribution >= 0.6 is 0 Å². The van der Waals surface area contributed by atoms with Crippen LogP contribution in [0.1, 0.15) is 33.6 Å². The van der Waals surface area contributed by atoms with Crippen LogP contribution in [0.25, 0.3) is 0 Å². The molecule has 0 aromatic rings. The van der Waals surface area contributed by atoms with Crippen LogP contribution in [0.3, 0.4) is 0 Å². The average Bonchev–Trinajstić information content (AvgIpc) is 2.60. The van der Waals surface area contributed by atoms with Crippen LogP contribution in [0, 0.1) is 5.41 Å². The third kappa shape index (κ3) is 3.76. The molecule has 0 saturated carbocycles. The van der Waals surface area contributed by atoms with E-state index in [4.69, 9.17) is 5.73 Å². The highest BCUT2D eigenvalue weighted by Crippen LogP contribution is 2.27. The SMILES string of the molecule is CCC(C)NC(=O)CN1CCC(C)(CN)C1. The first kappa shape index (κ1) is 13.5. The van der Waals surface area contributed by atoms with Gasteiger partial charge < -0.3 is 11.1 Å². The van der Waals surface area contributed by atoms with Crippen molar-refractivity contribution in [1.82, 2.24) is 10.2 Å². The van der Waals surface area contributed by atoms with E-state index in [1.807, 2.05) is 6.92 Å². The van der Waals surface area contributed by atoms with Crippen molar-refractivity contribution in [3.63, 3.8) is 0 Å². The first-order valence-electron chi connectivity index (χ1n) is 6.21. The normalized spacial score (nSPS) is 28.0. The molecule has 0 aromatic heterocycles. The molecule has 1 saturated heterocycles. The zero-order valence-corrected chi connectivity index (χ0v) is 10.8. The zero-order chi connectivity index (χ0) is 12.2. The Morgan fingerprint density at radius 3 is 2.81 bits per heavy atom. The van der Waals surface area contributed by atoms with Crippen molar-refractivity contribution >= 4 is 5.91 Å². The second-order valence-electron chi connectivity index (χ2n) is 5.35. The van der Waals surface area contributed by atoms with Crippen LogP contribution in [0.2, 0.25) is 0 Å². The average molecular weight is 227 g/mol. The molecule has 2 unspecified atom stereocenters. The molecule has 1 aliphatic rings. The number of hydrogen-bond donors (Lipinski definition) is 2. The van der Waals surface area contributed by atoms with Gasteiger partial charge in [0.2, 0.25) is 5.91 Å². The van der Waals surface area contributed by atoms with Crippen LogP contribution in [-0.2, 0) is 4.79 Å². The molecule has 0 radical (unpaired) electrons. The van der Waals surface area contributed by atoms with Crippen LogP contribution in [0.15, 0.2) is 0 Å². The first-order valence-corrected chi connectivity index (χ1v) is 6.21. The Morgan fingerprint density at radius 2 is 2.31 bits per heavy atom. The van der Waals surface area contributed by atoms with Gasteiger partial charge in [-0.25, -0.2) is 0 Å². The number of carbonyl (C=O) groups excluding carboxylic acids is 1. The Bertz CT molecular complexity index is 244. The van der Waals surface area contributed by atoms with Gasteiger partial charge in [-0.05, 0) is 38.3 Å². The van der Waals surface area contributed by atoms with Crippen molar-refractivity contribution < 1.29 is 4.79 Å². The number of nitrogens with zero attached hydrogens (tertiary/aromatic N) is 1. The lowest BCUT2D eigenvalue weighted by Crippen LogP contribution is -2.41. The summed E-state index contributed by atoms with van der Waals surface area (Å²) in [6.07, 6.45) is 2.08. The Morgan fingerprint density at radius 1 is 1.62 bits per heavy atom. The summed E-state index contributed by atoms with van der Waals surface area (Å²) >= 11 is 0. The minimum absolute atomic E-state index is 0.135. The molecule has 4 nitrogen and oxygen atoms in total. The highest BCUT2D eigenvalue weighted by atomic mass is 16.2. The van der Waals surface area contributed by atoms with Gasteiger partial charge in [-0.1, -0.05) is 13.8 Å². The smallest absolute Gasteiger partial charge is 0.234 e. The van der Waals surface area contributed by atoms with Gasteiger partial charge in [0, 0.05) is 12.6 Å². The number of nitrogens with two attached hydrogens (primary N) is 1. The molecule has 0 bridgehead atoms. The van der Waals surface area contributed by atoms with E-state index in [2.05, 4.69) is 24.1 Å². The quantitative estimate of drug-likeness (QED) is 0.722. The standard InChI is InChI=1S/C12H25N3O/c1-4-10(2)14-11(16)7-15-6-5-12(3,8-13)9-15/h10H,4-9,13H2,1-3H3,(H,14,16). The molecule has 0 aromatic carbocycles. The van der Waals surface area contributed by atoms with Gasteiger partial charge >= 0.3 is 0 Å². The summed E-state index contributed by atoms with van der Waals surface area (Å²) in [5.74, 6) is 0.135. The van der Waals surface area contributed by atoms with E-state index < -0.39 is 0 Å². The number of amides is 1. The molecule has 1 aliphatic heterocycles. The van der Waals surface area contributed by atoms with Gasteiger partial charge in [0.25, 0.3) is 0 Å². The summed E-state index contributed by atoms with van der Waals surface area (Å²) in [7, 11) is 0. The van der Waals surface area contributed by atoms with Crippen LogP contribution in [0.5, 0.6) is 0 Å². The van der Waals surface area contributed by atoms with Crippen molar-refractivity contribution in [3.05, 3.63) is 0 Å². The highest BCUT2D eigenvalue weighted by molar-refractivity contribution is 5.78. The maximum atomic E-state index is 11.7. The van der Waals surface area contributed by atoms with E-state index in [0.29, 0.717) is 13.1 Å². The Labute approximate surface area is 98.6 Å². The maximum absolute atomic E-state index is 11.7. The van der Waals surface area contributed by atoms with E-state index in [1.165, 1.54) is 0 Å². The molecule has 3 N–H and O–H groups in total. The fourth-order valence-corrected chi connectivity index (χ4v) is 2.05. The first-order chi connectivity index (χ1) is 7.49. The second kappa shape index (κ2) is 5.64. The van der Waals surface area contributed by atoms with E-state index in [-0.39, 0.29) is 17.4 Å². The van der Waals surface area contributed by atoms with Gasteiger partial charge in [0.05, 0.1) is 6.54 Å². The Balaban J connectivity index is 2.31. The molecule has 1 amide bonds. The monoisotopic (exact) mass is 227 g/mol. The molecular weight excluding hydrogens is 202 g/mol. The predicted molar refractivity (Wildman–Crippen MR) is 66.1 cm³/mol. The lowest BCUT2D eigenvalue weighted by molar-refractivity contribution is -0.122. The maximum Gasteiger partial charge on any atom is 0.234 e. The summed E-state index contributed by atoms with van der Waals surface area (Å²) in [4.78, 5) is 13.9. The van der Waals surface area contributed by atoms with Gasteiger partial charge in [-0.3, -0.25) is 9.69 Å². The number of nitrogens with one attached hydrogen (secondary N) is 1. The van der Waals surface area contributed by atoms with Crippen molar-refractivity contribution in [1.29, 1.82) is 0 Å². The summed E-state index contributed by atoms with van der Waals surface area (Å²) in [5.41, 5.74) is 5.94. The van der Waals surface area contributed by atoms with Crippen molar-refractivity contribution in [2.75, 3.05) is 26.2 Å². The molecule has 0 aliphatic carbocycles. The fraction of sp³-hybridized carbons (Fsp3) is 0.917. The van der Waals surface area contributed by atoms with E-state index in [9.17, 15) is 4.79 Å². The van der Waals surface area contributed by atoms with E-state index in [1.54, 1.807) is 0 Å². The lowest BCUT2D eigenvalue weighted by Gasteiger charge is -2.22. The minimum atomic E-state index is 0.135. The van der Waals surface area contributed by atoms with Gasteiger partial charge in [-0.15, -0.1) is 0 Å². The molecule has 2 atom stereocenters. The third-order valence-corrected chi connectivity index (χ3v) is 3.52. The number of rotatable bonds is 5. The molecular formula is C12H25N3O. The topological polar surface area (TPSA) is 58.4 Å². The molecule has 94 valence electrons. The minimum Gasteiger partial charge on any atom is -0.353 e. The fourth-order valence-electron chi connectivity index (χ4n) is 2.05. The molecule has 1 fully saturated rings. The second-order valence-corrected chi connectivity index (χ2v) is 5.35. The summed E-state index contributed by atoms with van der Waals surface area (Å²) in [5, 5.41) is 2.99. The molecule has 1 heterocycles. The number of carbonyl (C=O) groups is 1. The predicted octanol–water partition coefficient (Wildman–Crippen LogP) is 0.572.